The number of benzene rings is 2. The molecule has 146 valence electrons. The minimum Gasteiger partial charge on any atom is -0.296 e. The fraction of sp³-hybridized carbons (Fsp3) is 0.217. The summed E-state index contributed by atoms with van der Waals surface area (Å²) < 4.78 is 0. The Morgan fingerprint density at radius 1 is 1.10 bits per heavy atom. The number of nitrogens with one attached hydrogen (secondary N) is 1. The normalized spacial score (nSPS) is 16.6. The monoisotopic (exact) mass is 405 g/mol. The maximum absolute atomic E-state index is 12.2. The number of halogens is 1. The molecular weight excluding hydrogens is 386 g/mol. The third-order valence-electron chi connectivity index (χ3n) is 5.12. The molecule has 2 heterocycles. The highest BCUT2D eigenvalue weighted by Gasteiger charge is 2.30. The van der Waals surface area contributed by atoms with Crippen LogP contribution in [0, 0.1) is 6.92 Å². The number of hydrogen-bond acceptors (Lipinski definition) is 4. The number of aryl methyl sites for hydroxylation is 1. The number of imide groups is 1. The van der Waals surface area contributed by atoms with E-state index in [1.54, 1.807) is 6.20 Å². The van der Waals surface area contributed by atoms with Gasteiger partial charge in [-0.05, 0) is 36.1 Å². The van der Waals surface area contributed by atoms with Crippen molar-refractivity contribution in [2.45, 2.75) is 32.1 Å². The zero-order chi connectivity index (χ0) is 20.4. The number of amides is 2. The second-order valence-corrected chi connectivity index (χ2v) is 7.58. The first-order valence-electron chi connectivity index (χ1n) is 9.51. The van der Waals surface area contributed by atoms with Gasteiger partial charge in [0.25, 0.3) is 0 Å². The number of aromatic nitrogens is 2. The van der Waals surface area contributed by atoms with E-state index in [0.717, 1.165) is 33.8 Å². The quantitative estimate of drug-likeness (QED) is 0.660. The van der Waals surface area contributed by atoms with Gasteiger partial charge in [0.15, 0.2) is 0 Å². The van der Waals surface area contributed by atoms with Gasteiger partial charge >= 0.3 is 0 Å². The van der Waals surface area contributed by atoms with Gasteiger partial charge in [-0.15, -0.1) is 0 Å². The molecule has 6 heteroatoms. The molecule has 2 amide bonds. The molecule has 1 atom stereocenters. The summed E-state index contributed by atoms with van der Waals surface area (Å²) in [6, 6.07) is 15.7. The minimum atomic E-state index is -0.405. The average Bonchev–Trinajstić information content (AvgIpc) is 2.70. The lowest BCUT2D eigenvalue weighted by molar-refractivity contribution is -0.134. The fourth-order valence-electron chi connectivity index (χ4n) is 3.60. The van der Waals surface area contributed by atoms with E-state index in [4.69, 9.17) is 11.6 Å². The Morgan fingerprint density at radius 3 is 2.62 bits per heavy atom. The second-order valence-electron chi connectivity index (χ2n) is 7.20. The Morgan fingerprint density at radius 2 is 1.90 bits per heavy atom. The fourth-order valence-corrected chi connectivity index (χ4v) is 3.97. The van der Waals surface area contributed by atoms with Gasteiger partial charge in [-0.3, -0.25) is 14.9 Å². The summed E-state index contributed by atoms with van der Waals surface area (Å²) in [7, 11) is 0. The summed E-state index contributed by atoms with van der Waals surface area (Å²) in [5.41, 5.74) is 4.65. The van der Waals surface area contributed by atoms with E-state index >= 15 is 0 Å². The summed E-state index contributed by atoms with van der Waals surface area (Å²) >= 11 is 6.68. The van der Waals surface area contributed by atoms with Crippen LogP contribution in [0.1, 0.15) is 41.4 Å². The lowest BCUT2D eigenvalue weighted by atomic mass is 9.88. The van der Waals surface area contributed by atoms with Crippen molar-refractivity contribution in [3.05, 3.63) is 82.4 Å². The molecule has 29 heavy (non-hydrogen) atoms. The van der Waals surface area contributed by atoms with Gasteiger partial charge in [-0.25, -0.2) is 9.97 Å². The predicted octanol–water partition coefficient (Wildman–Crippen LogP) is 4.22. The molecule has 1 fully saturated rings. The van der Waals surface area contributed by atoms with Crippen molar-refractivity contribution in [2.24, 2.45) is 0 Å². The van der Waals surface area contributed by atoms with Crippen LogP contribution in [-0.4, -0.2) is 21.8 Å². The first kappa shape index (κ1) is 19.3. The molecule has 3 aromatic rings. The van der Waals surface area contributed by atoms with E-state index in [0.29, 0.717) is 24.3 Å². The van der Waals surface area contributed by atoms with Gasteiger partial charge < -0.3 is 0 Å². The van der Waals surface area contributed by atoms with Crippen LogP contribution >= 0.6 is 11.6 Å². The highest BCUT2D eigenvalue weighted by Crippen LogP contribution is 2.37. The van der Waals surface area contributed by atoms with Crippen LogP contribution in [0.2, 0.25) is 5.02 Å². The molecule has 1 aliphatic rings. The lowest BCUT2D eigenvalue weighted by Crippen LogP contribution is -2.39. The molecule has 1 unspecified atom stereocenters. The highest BCUT2D eigenvalue weighted by atomic mass is 35.5. The maximum Gasteiger partial charge on any atom is 0.234 e. The third-order valence-corrected chi connectivity index (χ3v) is 5.54. The average molecular weight is 406 g/mol. The van der Waals surface area contributed by atoms with Gasteiger partial charge in [0.05, 0.1) is 10.9 Å². The number of carbonyl (C=O) groups excluding carboxylic acids is 2. The summed E-state index contributed by atoms with van der Waals surface area (Å²) in [5.74, 6) is -0.131. The molecule has 4 rings (SSSR count). The van der Waals surface area contributed by atoms with Gasteiger partial charge in [0, 0.05) is 30.3 Å². The zero-order valence-electron chi connectivity index (χ0n) is 16.0. The maximum atomic E-state index is 12.2. The van der Waals surface area contributed by atoms with Crippen molar-refractivity contribution in [1.82, 2.24) is 15.3 Å². The molecule has 0 spiro atoms. The SMILES string of the molecule is Cc1ccnc(Cc2ccc(-c3cccc(C4CCC(=O)NC4=O)c3Cl)cc2)n1. The van der Waals surface area contributed by atoms with Crippen molar-refractivity contribution in [3.8, 4) is 11.1 Å². The third kappa shape index (κ3) is 4.20. The molecule has 0 aliphatic carbocycles. The first-order valence-corrected chi connectivity index (χ1v) is 9.89. The number of carbonyl (C=O) groups is 2. The largest absolute Gasteiger partial charge is 0.296 e. The van der Waals surface area contributed by atoms with Crippen LogP contribution in [0.3, 0.4) is 0 Å². The van der Waals surface area contributed by atoms with Crippen LogP contribution < -0.4 is 5.32 Å². The molecular formula is C23H20ClN3O2. The molecule has 2 aromatic carbocycles. The summed E-state index contributed by atoms with van der Waals surface area (Å²) in [5, 5.41) is 2.95. The number of hydrogen-bond donors (Lipinski definition) is 1. The van der Waals surface area contributed by atoms with Crippen LogP contribution in [0.15, 0.2) is 54.7 Å². The van der Waals surface area contributed by atoms with Crippen molar-refractivity contribution in [3.63, 3.8) is 0 Å². The number of piperidine rings is 1. The standard InChI is InChI=1S/C23H20ClN3O2/c1-14-11-12-25-20(26-14)13-15-5-7-16(8-6-15)17-3-2-4-18(22(17)24)19-9-10-21(28)27-23(19)29/h2-8,11-12,19H,9-10,13H2,1H3,(H,27,28,29). The topological polar surface area (TPSA) is 72.0 Å². The van der Waals surface area contributed by atoms with E-state index in [2.05, 4.69) is 15.3 Å². The van der Waals surface area contributed by atoms with Crippen LogP contribution in [0.5, 0.6) is 0 Å². The molecule has 0 saturated carbocycles. The van der Waals surface area contributed by atoms with Crippen molar-refractivity contribution < 1.29 is 9.59 Å². The van der Waals surface area contributed by atoms with E-state index in [-0.39, 0.29) is 11.8 Å². The Labute approximate surface area is 174 Å². The molecule has 0 bridgehead atoms. The van der Waals surface area contributed by atoms with Crippen molar-refractivity contribution >= 4 is 23.4 Å². The van der Waals surface area contributed by atoms with Gasteiger partial charge in [0.1, 0.15) is 5.82 Å². The Bertz CT molecular complexity index is 1080. The molecule has 0 radical (unpaired) electrons. The van der Waals surface area contributed by atoms with Crippen molar-refractivity contribution in [1.29, 1.82) is 0 Å². The van der Waals surface area contributed by atoms with E-state index in [1.165, 1.54) is 0 Å². The molecule has 5 nitrogen and oxygen atoms in total. The number of nitrogens with zero attached hydrogens (tertiary/aromatic N) is 2. The molecule has 1 saturated heterocycles. The summed E-state index contributed by atoms with van der Waals surface area (Å²) in [6.45, 7) is 1.95. The Hall–Kier alpha value is -3.05. The zero-order valence-corrected chi connectivity index (χ0v) is 16.7. The summed E-state index contributed by atoms with van der Waals surface area (Å²) in [6.07, 6.45) is 3.23. The van der Waals surface area contributed by atoms with Gasteiger partial charge in [-0.2, -0.15) is 0 Å². The van der Waals surface area contributed by atoms with Crippen LogP contribution in [0.25, 0.3) is 11.1 Å². The molecule has 1 aliphatic heterocycles. The Kier molecular flexibility index (Phi) is 5.41. The van der Waals surface area contributed by atoms with Crippen molar-refractivity contribution in [2.75, 3.05) is 0 Å². The highest BCUT2D eigenvalue weighted by molar-refractivity contribution is 6.34. The predicted molar refractivity (Wildman–Crippen MR) is 112 cm³/mol. The smallest absolute Gasteiger partial charge is 0.234 e. The first-order chi connectivity index (χ1) is 14.0. The molecule has 1 aromatic heterocycles. The van der Waals surface area contributed by atoms with Gasteiger partial charge in [0.2, 0.25) is 11.8 Å². The van der Waals surface area contributed by atoms with E-state index < -0.39 is 5.92 Å². The second kappa shape index (κ2) is 8.13. The van der Waals surface area contributed by atoms with Crippen LogP contribution in [-0.2, 0) is 16.0 Å². The summed E-state index contributed by atoms with van der Waals surface area (Å²) in [4.78, 5) is 32.4. The molecule has 1 N–H and O–H groups in total. The lowest BCUT2D eigenvalue weighted by Gasteiger charge is -2.23. The van der Waals surface area contributed by atoms with E-state index in [9.17, 15) is 9.59 Å². The number of rotatable bonds is 4. The van der Waals surface area contributed by atoms with Crippen LogP contribution in [0.4, 0.5) is 0 Å². The van der Waals surface area contributed by atoms with E-state index in [1.807, 2.05) is 55.5 Å². The Balaban J connectivity index is 1.59. The minimum absolute atomic E-state index is 0.230. The van der Waals surface area contributed by atoms with Gasteiger partial charge in [-0.1, -0.05) is 54.1 Å².